The molecule has 0 spiro atoms. The lowest BCUT2D eigenvalue weighted by atomic mass is 9.87. The van der Waals surface area contributed by atoms with Gasteiger partial charge in [0.05, 0.1) is 13.7 Å². The van der Waals surface area contributed by atoms with E-state index >= 15 is 0 Å². The van der Waals surface area contributed by atoms with Crippen LogP contribution in [0.15, 0.2) is 12.2 Å². The Morgan fingerprint density at radius 2 is 2.00 bits per heavy atom. The van der Waals surface area contributed by atoms with Crippen LogP contribution in [0, 0.1) is 5.92 Å². The van der Waals surface area contributed by atoms with Crippen molar-refractivity contribution in [2.45, 2.75) is 26.3 Å². The summed E-state index contributed by atoms with van der Waals surface area (Å²) >= 11 is 0. The van der Waals surface area contributed by atoms with Gasteiger partial charge >= 0.3 is 12.1 Å². The molecule has 1 aliphatic heterocycles. The van der Waals surface area contributed by atoms with Gasteiger partial charge in [-0.3, -0.25) is 9.69 Å². The number of ether oxygens (including phenoxy) is 2. The minimum absolute atomic E-state index is 0.134. The maximum atomic E-state index is 12.4. The van der Waals surface area contributed by atoms with E-state index in [4.69, 9.17) is 4.74 Å². The summed E-state index contributed by atoms with van der Waals surface area (Å²) < 4.78 is 9.60. The maximum absolute atomic E-state index is 12.4. The van der Waals surface area contributed by atoms with Crippen LogP contribution in [-0.2, 0) is 19.1 Å². The maximum Gasteiger partial charge on any atom is 0.411 e. The van der Waals surface area contributed by atoms with Gasteiger partial charge in [0.1, 0.15) is 0 Å². The normalized spacial score (nSPS) is 21.6. The molecule has 6 nitrogen and oxygen atoms in total. The predicted molar refractivity (Wildman–Crippen MR) is 67.5 cm³/mol. The molecule has 0 N–H and O–H groups in total. The largest absolute Gasteiger partial charge is 0.464 e. The molecule has 0 saturated heterocycles. The number of esters is 1. The second-order valence-electron chi connectivity index (χ2n) is 4.49. The zero-order valence-electron chi connectivity index (χ0n) is 11.6. The Bertz CT molecular complexity index is 415. The number of carbonyl (C=O) groups excluding carboxylic acids is 3. The zero-order valence-corrected chi connectivity index (χ0v) is 11.6. The van der Waals surface area contributed by atoms with Crippen LogP contribution in [0.4, 0.5) is 4.79 Å². The fraction of sp³-hybridized carbons (Fsp3) is 0.615. The molecule has 0 unspecified atom stereocenters. The molecule has 0 radical (unpaired) electrons. The van der Waals surface area contributed by atoms with E-state index in [2.05, 4.69) is 4.74 Å². The van der Waals surface area contributed by atoms with E-state index in [1.54, 1.807) is 26.8 Å². The molecule has 0 saturated carbocycles. The summed E-state index contributed by atoms with van der Waals surface area (Å²) in [4.78, 5) is 37.5. The monoisotopic (exact) mass is 269 g/mol. The summed E-state index contributed by atoms with van der Waals surface area (Å²) in [5.41, 5.74) is -1.70. The second-order valence-corrected chi connectivity index (χ2v) is 4.49. The number of nitrogens with zero attached hydrogens (tertiary/aromatic N) is 1. The fourth-order valence-corrected chi connectivity index (χ4v) is 2.07. The molecule has 0 aromatic heterocycles. The van der Waals surface area contributed by atoms with Gasteiger partial charge < -0.3 is 9.47 Å². The molecule has 6 heteroatoms. The summed E-state index contributed by atoms with van der Waals surface area (Å²) in [6.45, 7) is 5.27. The molecule has 0 bridgehead atoms. The van der Waals surface area contributed by atoms with Crippen LogP contribution in [-0.4, -0.2) is 48.5 Å². The molecule has 19 heavy (non-hydrogen) atoms. The molecular weight excluding hydrogens is 250 g/mol. The second kappa shape index (κ2) is 5.86. The third-order valence-electron chi connectivity index (χ3n) is 2.95. The topological polar surface area (TPSA) is 72.9 Å². The molecular formula is C13H19NO5. The number of hydrogen-bond acceptors (Lipinski definition) is 5. The number of Topliss-reactive ketones (excluding diaryl/α,β-unsaturated/α-hetero) is 1. The molecule has 0 fully saturated rings. The third kappa shape index (κ3) is 2.47. The van der Waals surface area contributed by atoms with Gasteiger partial charge in [0.15, 0.2) is 5.78 Å². The van der Waals surface area contributed by atoms with Crippen molar-refractivity contribution in [1.82, 2.24) is 4.90 Å². The predicted octanol–water partition coefficient (Wildman–Crippen LogP) is 1.15. The summed E-state index contributed by atoms with van der Waals surface area (Å²) in [5, 5.41) is 0. The molecule has 1 heterocycles. The smallest absolute Gasteiger partial charge is 0.411 e. The highest BCUT2D eigenvalue weighted by molar-refractivity contribution is 6.14. The lowest BCUT2D eigenvalue weighted by molar-refractivity contribution is -0.158. The lowest BCUT2D eigenvalue weighted by Gasteiger charge is -2.34. The van der Waals surface area contributed by atoms with Gasteiger partial charge in [0.25, 0.3) is 0 Å². The van der Waals surface area contributed by atoms with Gasteiger partial charge in [0.2, 0.25) is 5.54 Å². The summed E-state index contributed by atoms with van der Waals surface area (Å²) in [7, 11) is 1.20. The van der Waals surface area contributed by atoms with Crippen molar-refractivity contribution in [3.8, 4) is 0 Å². The minimum atomic E-state index is -1.70. The van der Waals surface area contributed by atoms with Crippen molar-refractivity contribution in [2.24, 2.45) is 5.92 Å². The van der Waals surface area contributed by atoms with Crippen molar-refractivity contribution < 1.29 is 23.9 Å². The van der Waals surface area contributed by atoms with Crippen LogP contribution < -0.4 is 0 Å². The molecule has 0 aromatic rings. The van der Waals surface area contributed by atoms with Crippen molar-refractivity contribution in [3.63, 3.8) is 0 Å². The number of ketones is 1. The number of rotatable bonds is 4. The molecule has 1 aliphatic rings. The highest BCUT2D eigenvalue weighted by Crippen LogP contribution is 2.29. The molecule has 1 rings (SSSR count). The average Bonchev–Trinajstić information content (AvgIpc) is 2.82. The Balaban J connectivity index is 3.25. The van der Waals surface area contributed by atoms with Crippen LogP contribution >= 0.6 is 0 Å². The summed E-state index contributed by atoms with van der Waals surface area (Å²) in [6.07, 6.45) is 2.28. The van der Waals surface area contributed by atoms with Gasteiger partial charge in [-0.25, -0.2) is 9.59 Å². The highest BCUT2D eigenvalue weighted by atomic mass is 16.6. The van der Waals surface area contributed by atoms with E-state index in [0.717, 1.165) is 4.90 Å². The van der Waals surface area contributed by atoms with E-state index in [1.807, 2.05) is 0 Å². The quantitative estimate of drug-likeness (QED) is 0.435. The number of amides is 1. The van der Waals surface area contributed by atoms with Crippen LogP contribution in [0.2, 0.25) is 0 Å². The van der Waals surface area contributed by atoms with Crippen molar-refractivity contribution in [2.75, 3.05) is 20.3 Å². The van der Waals surface area contributed by atoms with Gasteiger partial charge in [-0.15, -0.1) is 0 Å². The standard InChI is InChI=1S/C13H19NO5/c1-5-19-11(16)13(10(15)9(2)3)7-6-8-14(13)12(17)18-4/h6-7,9H,5,8H2,1-4H3/t13-/m0/s1. The average molecular weight is 269 g/mol. The van der Waals surface area contributed by atoms with Gasteiger partial charge in [-0.2, -0.15) is 0 Å². The van der Waals surface area contributed by atoms with E-state index in [9.17, 15) is 14.4 Å². The lowest BCUT2D eigenvalue weighted by Crippen LogP contribution is -2.60. The van der Waals surface area contributed by atoms with Crippen LogP contribution in [0.1, 0.15) is 20.8 Å². The van der Waals surface area contributed by atoms with E-state index in [0.29, 0.717) is 0 Å². The van der Waals surface area contributed by atoms with Gasteiger partial charge in [0, 0.05) is 12.5 Å². The van der Waals surface area contributed by atoms with Crippen molar-refractivity contribution in [1.29, 1.82) is 0 Å². The van der Waals surface area contributed by atoms with Crippen LogP contribution in [0.3, 0.4) is 0 Å². The first-order valence-electron chi connectivity index (χ1n) is 6.16. The van der Waals surface area contributed by atoms with Crippen LogP contribution in [0.5, 0.6) is 0 Å². The minimum Gasteiger partial charge on any atom is -0.464 e. The van der Waals surface area contributed by atoms with Gasteiger partial charge in [-0.1, -0.05) is 19.9 Å². The van der Waals surface area contributed by atoms with Crippen molar-refractivity contribution >= 4 is 17.8 Å². The Labute approximate surface area is 112 Å². The summed E-state index contributed by atoms with van der Waals surface area (Å²) in [5.74, 6) is -1.54. The Morgan fingerprint density at radius 1 is 1.37 bits per heavy atom. The number of methoxy groups -OCH3 is 1. The Morgan fingerprint density at radius 3 is 2.47 bits per heavy atom. The third-order valence-corrected chi connectivity index (χ3v) is 2.95. The van der Waals surface area contributed by atoms with E-state index in [-0.39, 0.29) is 18.9 Å². The summed E-state index contributed by atoms with van der Waals surface area (Å²) in [6, 6.07) is 0. The van der Waals surface area contributed by atoms with Crippen molar-refractivity contribution in [3.05, 3.63) is 12.2 Å². The first-order valence-corrected chi connectivity index (χ1v) is 6.16. The highest BCUT2D eigenvalue weighted by Gasteiger charge is 2.55. The first kappa shape index (κ1) is 15.2. The number of hydrogen-bond donors (Lipinski definition) is 0. The zero-order chi connectivity index (χ0) is 14.6. The molecule has 0 aliphatic carbocycles. The molecule has 1 amide bonds. The molecule has 0 aromatic carbocycles. The van der Waals surface area contributed by atoms with E-state index in [1.165, 1.54) is 13.2 Å². The molecule has 1 atom stereocenters. The SMILES string of the molecule is CCOC(=O)[C@@]1(C(=O)C(C)C)C=CCN1C(=O)OC. The fourth-order valence-electron chi connectivity index (χ4n) is 2.07. The number of carbonyl (C=O) groups is 3. The van der Waals surface area contributed by atoms with Gasteiger partial charge in [-0.05, 0) is 13.0 Å². The molecule has 106 valence electrons. The Hall–Kier alpha value is -1.85. The van der Waals surface area contributed by atoms with E-state index < -0.39 is 23.5 Å². The van der Waals surface area contributed by atoms with Crippen LogP contribution in [0.25, 0.3) is 0 Å². The Kier molecular flexibility index (Phi) is 4.69. The first-order chi connectivity index (χ1) is 8.91.